The Hall–Kier alpha value is -1.38. The second-order valence-electron chi connectivity index (χ2n) is 8.77. The van der Waals surface area contributed by atoms with Crippen LogP contribution < -0.4 is 0 Å². The van der Waals surface area contributed by atoms with Crippen LogP contribution in [0.4, 0.5) is 4.79 Å². The van der Waals surface area contributed by atoms with Gasteiger partial charge in [-0.25, -0.2) is 4.79 Å². The predicted octanol–water partition coefficient (Wildman–Crippen LogP) is 0.0605. The van der Waals surface area contributed by atoms with Gasteiger partial charge in [-0.05, 0) is 38.1 Å². The summed E-state index contributed by atoms with van der Waals surface area (Å²) in [6.45, 7) is 6.80. The van der Waals surface area contributed by atoms with E-state index < -0.39 is 12.1 Å². The smallest absolute Gasteiger partial charge is 0.408 e. The van der Waals surface area contributed by atoms with Crippen LogP contribution in [0.25, 0.3) is 0 Å². The monoisotopic (exact) mass is 367 g/mol. The Morgan fingerprint density at radius 3 is 2.46 bits per heavy atom. The highest BCUT2D eigenvalue weighted by atomic mass is 16.5. The first-order valence-corrected chi connectivity index (χ1v) is 9.61. The highest BCUT2D eigenvalue weighted by Gasteiger charge is 2.53. The molecule has 0 radical (unpaired) electrons. The lowest BCUT2D eigenvalue weighted by atomic mass is 9.82. The van der Waals surface area contributed by atoms with E-state index in [9.17, 15) is 19.8 Å². The van der Waals surface area contributed by atoms with Crippen molar-refractivity contribution in [1.82, 2.24) is 14.7 Å². The maximum absolute atomic E-state index is 12.6. The quantitative estimate of drug-likeness (QED) is 0.730. The lowest BCUT2D eigenvalue weighted by Crippen LogP contribution is -2.64. The number of piperidine rings is 1. The molecule has 4 fully saturated rings. The van der Waals surface area contributed by atoms with E-state index in [1.54, 1.807) is 11.8 Å². The SMILES string of the molecule is CC1C(=O)N(CC2(CN3CCC4(CC4)C(O)C3)COC2)CCN1C(=O)O. The molecule has 8 heteroatoms. The predicted molar refractivity (Wildman–Crippen MR) is 92.8 cm³/mol. The molecule has 0 bridgehead atoms. The Kier molecular flexibility index (Phi) is 4.40. The number of carbonyl (C=O) groups is 2. The topological polar surface area (TPSA) is 93.6 Å². The summed E-state index contributed by atoms with van der Waals surface area (Å²) in [5, 5.41) is 19.6. The summed E-state index contributed by atoms with van der Waals surface area (Å²) in [5.74, 6) is -0.125. The molecule has 3 aliphatic heterocycles. The number of likely N-dealkylation sites (tertiary alicyclic amines) is 1. The summed E-state index contributed by atoms with van der Waals surface area (Å²) in [7, 11) is 0. The number of rotatable bonds is 4. The highest BCUT2D eigenvalue weighted by molar-refractivity contribution is 5.86. The summed E-state index contributed by atoms with van der Waals surface area (Å²) >= 11 is 0. The standard InChI is InChI=1S/C18H29N3O5/c1-13-15(23)20(6-7-21(13)16(24)25)10-17(11-26-12-17)9-19-5-4-18(2-3-18)14(22)8-19/h13-14,22H,2-12H2,1H3,(H,24,25). The number of carbonyl (C=O) groups excluding carboxylic acids is 1. The molecule has 2 N–H and O–H groups in total. The maximum Gasteiger partial charge on any atom is 0.408 e. The summed E-state index contributed by atoms with van der Waals surface area (Å²) < 4.78 is 5.49. The average molecular weight is 367 g/mol. The van der Waals surface area contributed by atoms with Gasteiger partial charge in [-0.2, -0.15) is 0 Å². The van der Waals surface area contributed by atoms with E-state index in [-0.39, 0.29) is 22.8 Å². The molecule has 146 valence electrons. The molecule has 2 atom stereocenters. The molecule has 2 amide bonds. The minimum absolute atomic E-state index is 0.103. The Balaban J connectivity index is 1.37. The van der Waals surface area contributed by atoms with Gasteiger partial charge in [0.2, 0.25) is 5.91 Å². The molecule has 3 saturated heterocycles. The van der Waals surface area contributed by atoms with Gasteiger partial charge in [0.25, 0.3) is 0 Å². The van der Waals surface area contributed by atoms with Crippen LogP contribution in [0.3, 0.4) is 0 Å². The van der Waals surface area contributed by atoms with E-state index >= 15 is 0 Å². The van der Waals surface area contributed by atoms with Crippen molar-refractivity contribution in [2.45, 2.75) is 38.3 Å². The van der Waals surface area contributed by atoms with E-state index in [1.807, 2.05) is 0 Å². The number of aliphatic hydroxyl groups is 1. The van der Waals surface area contributed by atoms with E-state index in [0.29, 0.717) is 39.4 Å². The number of hydrogen-bond donors (Lipinski definition) is 2. The van der Waals surface area contributed by atoms with Gasteiger partial charge >= 0.3 is 6.09 Å². The van der Waals surface area contributed by atoms with Crippen molar-refractivity contribution in [2.24, 2.45) is 10.8 Å². The molecule has 0 aromatic rings. The van der Waals surface area contributed by atoms with Crippen LogP contribution in [0.1, 0.15) is 26.2 Å². The van der Waals surface area contributed by atoms with Crippen molar-refractivity contribution in [1.29, 1.82) is 0 Å². The van der Waals surface area contributed by atoms with Gasteiger partial charge in [0, 0.05) is 38.1 Å². The van der Waals surface area contributed by atoms with E-state index in [4.69, 9.17) is 4.74 Å². The van der Waals surface area contributed by atoms with Crippen molar-refractivity contribution in [3.8, 4) is 0 Å². The van der Waals surface area contributed by atoms with Crippen LogP contribution in [-0.2, 0) is 9.53 Å². The minimum atomic E-state index is -1.04. The average Bonchev–Trinajstić information content (AvgIpc) is 3.34. The van der Waals surface area contributed by atoms with Crippen LogP contribution in [-0.4, -0.2) is 102 Å². The van der Waals surface area contributed by atoms with Crippen LogP contribution in [0.15, 0.2) is 0 Å². The molecule has 4 rings (SSSR count). The molecule has 26 heavy (non-hydrogen) atoms. The fourth-order valence-corrected chi connectivity index (χ4v) is 4.81. The summed E-state index contributed by atoms with van der Waals surface area (Å²) in [6.07, 6.45) is 2.07. The van der Waals surface area contributed by atoms with Crippen LogP contribution in [0, 0.1) is 10.8 Å². The van der Waals surface area contributed by atoms with Crippen molar-refractivity contribution < 1.29 is 24.5 Å². The van der Waals surface area contributed by atoms with Crippen molar-refractivity contribution in [2.75, 3.05) is 52.5 Å². The Morgan fingerprint density at radius 2 is 1.92 bits per heavy atom. The van der Waals surface area contributed by atoms with Gasteiger partial charge in [0.05, 0.1) is 19.3 Å². The Labute approximate surface area is 153 Å². The van der Waals surface area contributed by atoms with E-state index in [0.717, 1.165) is 32.4 Å². The molecule has 2 unspecified atom stereocenters. The summed E-state index contributed by atoms with van der Waals surface area (Å²) in [6, 6.07) is -0.633. The molecule has 4 aliphatic rings. The van der Waals surface area contributed by atoms with Gasteiger partial charge in [-0.3, -0.25) is 14.6 Å². The van der Waals surface area contributed by atoms with Gasteiger partial charge in [-0.1, -0.05) is 0 Å². The second kappa shape index (κ2) is 6.35. The first-order chi connectivity index (χ1) is 12.3. The molecular weight excluding hydrogens is 338 g/mol. The fourth-order valence-electron chi connectivity index (χ4n) is 4.81. The van der Waals surface area contributed by atoms with Gasteiger partial charge in [0.1, 0.15) is 6.04 Å². The van der Waals surface area contributed by atoms with Gasteiger partial charge in [0.15, 0.2) is 0 Å². The lowest BCUT2D eigenvalue weighted by Gasteiger charge is -2.50. The molecule has 8 nitrogen and oxygen atoms in total. The molecular formula is C18H29N3O5. The number of amides is 2. The number of β-amino-alcohol motifs (C(OH)–C–C–N with tert-alkyl or cyclic N) is 1. The Morgan fingerprint density at radius 1 is 1.19 bits per heavy atom. The third-order valence-electron chi connectivity index (χ3n) is 6.85. The number of aliphatic hydroxyl groups excluding tert-OH is 1. The van der Waals surface area contributed by atoms with Crippen LogP contribution >= 0.6 is 0 Å². The molecule has 1 spiro atoms. The highest BCUT2D eigenvalue weighted by Crippen LogP contribution is 2.53. The summed E-state index contributed by atoms with van der Waals surface area (Å²) in [5.41, 5.74) is 0.0902. The third kappa shape index (κ3) is 3.08. The number of nitrogens with zero attached hydrogens (tertiary/aromatic N) is 3. The largest absolute Gasteiger partial charge is 0.465 e. The first-order valence-electron chi connectivity index (χ1n) is 9.61. The fraction of sp³-hybridized carbons (Fsp3) is 0.889. The number of ether oxygens (including phenoxy) is 1. The zero-order chi connectivity index (χ0) is 18.5. The van der Waals surface area contributed by atoms with Crippen molar-refractivity contribution >= 4 is 12.0 Å². The second-order valence-corrected chi connectivity index (χ2v) is 8.77. The minimum Gasteiger partial charge on any atom is -0.465 e. The first kappa shape index (κ1) is 18.0. The molecule has 1 saturated carbocycles. The summed E-state index contributed by atoms with van der Waals surface area (Å²) in [4.78, 5) is 29.2. The van der Waals surface area contributed by atoms with E-state index in [2.05, 4.69) is 4.90 Å². The number of hydrogen-bond acceptors (Lipinski definition) is 5. The zero-order valence-corrected chi connectivity index (χ0v) is 15.4. The van der Waals surface area contributed by atoms with Crippen molar-refractivity contribution in [3.05, 3.63) is 0 Å². The zero-order valence-electron chi connectivity index (χ0n) is 15.4. The molecule has 0 aromatic carbocycles. The van der Waals surface area contributed by atoms with Gasteiger partial charge in [-0.15, -0.1) is 0 Å². The third-order valence-corrected chi connectivity index (χ3v) is 6.85. The molecule has 1 aliphatic carbocycles. The van der Waals surface area contributed by atoms with Crippen LogP contribution in [0.5, 0.6) is 0 Å². The maximum atomic E-state index is 12.6. The van der Waals surface area contributed by atoms with Gasteiger partial charge < -0.3 is 19.8 Å². The lowest BCUT2D eigenvalue weighted by molar-refractivity contribution is -0.163. The molecule has 3 heterocycles. The Bertz CT molecular complexity index is 589. The van der Waals surface area contributed by atoms with E-state index in [1.165, 1.54) is 4.90 Å². The molecule has 0 aromatic heterocycles. The van der Waals surface area contributed by atoms with Crippen molar-refractivity contribution in [3.63, 3.8) is 0 Å². The normalized spacial score (nSPS) is 33.2. The number of piperazine rings is 1. The number of carboxylic acid groups (broad SMARTS) is 1. The van der Waals surface area contributed by atoms with Crippen LogP contribution in [0.2, 0.25) is 0 Å².